The normalized spacial score (nSPS) is 10.6. The molecule has 0 saturated carbocycles. The Balaban J connectivity index is 3.20. The molecule has 4 nitrogen and oxygen atoms in total. The molecule has 1 amide bonds. The maximum absolute atomic E-state index is 11.2. The molecule has 0 aromatic heterocycles. The lowest BCUT2D eigenvalue weighted by Crippen LogP contribution is -2.32. The maximum atomic E-state index is 11.2. The fourth-order valence-electron chi connectivity index (χ4n) is 0.943. The lowest BCUT2D eigenvalue weighted by atomic mass is 10.4. The van der Waals surface area contributed by atoms with E-state index in [1.165, 1.54) is 0 Å². The van der Waals surface area contributed by atoms with Gasteiger partial charge in [0, 0.05) is 19.5 Å². The molecule has 4 heteroatoms. The van der Waals surface area contributed by atoms with Crippen LogP contribution in [-0.4, -0.2) is 38.3 Å². The molecule has 2 N–H and O–H groups in total. The van der Waals surface area contributed by atoms with Crippen LogP contribution < -0.4 is 10.6 Å². The lowest BCUT2D eigenvalue weighted by molar-refractivity contribution is -0.122. The average molecular weight is 202 g/mol. The summed E-state index contributed by atoms with van der Waals surface area (Å²) in [5.41, 5.74) is 0. The van der Waals surface area contributed by atoms with E-state index in [4.69, 9.17) is 4.74 Å². The van der Waals surface area contributed by atoms with Gasteiger partial charge in [0.05, 0.1) is 12.7 Å². The number of nitrogens with one attached hydrogen (secondary N) is 2. The molecule has 0 unspecified atom stereocenters. The van der Waals surface area contributed by atoms with Crippen LogP contribution in [0.4, 0.5) is 0 Å². The highest BCUT2D eigenvalue weighted by molar-refractivity contribution is 5.75. The van der Waals surface area contributed by atoms with Gasteiger partial charge in [-0.1, -0.05) is 6.92 Å². The van der Waals surface area contributed by atoms with Crippen molar-refractivity contribution in [2.75, 3.05) is 26.2 Å². The van der Waals surface area contributed by atoms with Crippen molar-refractivity contribution < 1.29 is 9.53 Å². The molecule has 14 heavy (non-hydrogen) atoms. The minimum absolute atomic E-state index is 0.0588. The van der Waals surface area contributed by atoms with Crippen LogP contribution in [0.3, 0.4) is 0 Å². The van der Waals surface area contributed by atoms with Gasteiger partial charge in [-0.3, -0.25) is 4.79 Å². The molecule has 0 heterocycles. The Labute approximate surface area is 86.4 Å². The van der Waals surface area contributed by atoms with Gasteiger partial charge in [0.1, 0.15) is 0 Å². The number of amides is 1. The van der Waals surface area contributed by atoms with Crippen molar-refractivity contribution >= 4 is 5.91 Å². The Morgan fingerprint density at radius 1 is 1.36 bits per heavy atom. The van der Waals surface area contributed by atoms with Crippen molar-refractivity contribution in [3.63, 3.8) is 0 Å². The van der Waals surface area contributed by atoms with Crippen molar-refractivity contribution in [3.05, 3.63) is 0 Å². The molecule has 84 valence electrons. The van der Waals surface area contributed by atoms with E-state index in [1.54, 1.807) is 0 Å². The van der Waals surface area contributed by atoms with E-state index in [2.05, 4.69) is 10.6 Å². The van der Waals surface area contributed by atoms with E-state index in [-0.39, 0.29) is 12.0 Å². The number of hydrogen-bond acceptors (Lipinski definition) is 3. The molecule has 0 aliphatic carbocycles. The standard InChI is InChI=1S/C10H22N2O2/c1-4-11-6-7-12-10(13)5-8-14-9(2)3/h9,11H,4-8H2,1-3H3,(H,12,13). The minimum Gasteiger partial charge on any atom is -0.378 e. The summed E-state index contributed by atoms with van der Waals surface area (Å²) in [5, 5.41) is 5.94. The summed E-state index contributed by atoms with van der Waals surface area (Å²) in [6, 6.07) is 0. The Kier molecular flexibility index (Phi) is 8.57. The van der Waals surface area contributed by atoms with E-state index in [0.29, 0.717) is 19.6 Å². The molecule has 0 aliphatic rings. The van der Waals surface area contributed by atoms with Crippen molar-refractivity contribution in [1.29, 1.82) is 0 Å². The molecule has 0 radical (unpaired) electrons. The van der Waals surface area contributed by atoms with Gasteiger partial charge in [0.25, 0.3) is 0 Å². The van der Waals surface area contributed by atoms with Crippen LogP contribution >= 0.6 is 0 Å². The third-order valence-electron chi connectivity index (χ3n) is 1.65. The van der Waals surface area contributed by atoms with Crippen LogP contribution in [0.2, 0.25) is 0 Å². The van der Waals surface area contributed by atoms with Gasteiger partial charge < -0.3 is 15.4 Å². The van der Waals surface area contributed by atoms with Crippen molar-refractivity contribution in [3.8, 4) is 0 Å². The largest absolute Gasteiger partial charge is 0.378 e. The van der Waals surface area contributed by atoms with E-state index in [1.807, 2.05) is 20.8 Å². The SMILES string of the molecule is CCNCCNC(=O)CCOC(C)C. The monoisotopic (exact) mass is 202 g/mol. The van der Waals surface area contributed by atoms with Gasteiger partial charge in [-0.15, -0.1) is 0 Å². The van der Waals surface area contributed by atoms with E-state index >= 15 is 0 Å². The maximum Gasteiger partial charge on any atom is 0.222 e. The zero-order valence-electron chi connectivity index (χ0n) is 9.43. The summed E-state index contributed by atoms with van der Waals surface area (Å²) in [6.07, 6.45) is 0.647. The third kappa shape index (κ3) is 9.48. The zero-order valence-corrected chi connectivity index (χ0v) is 9.43. The number of ether oxygens (including phenoxy) is 1. The quantitative estimate of drug-likeness (QED) is 0.564. The highest BCUT2D eigenvalue weighted by Crippen LogP contribution is 1.89. The van der Waals surface area contributed by atoms with Crippen LogP contribution in [0.25, 0.3) is 0 Å². The average Bonchev–Trinajstić information content (AvgIpc) is 2.12. The zero-order chi connectivity index (χ0) is 10.8. The van der Waals surface area contributed by atoms with Gasteiger partial charge in [-0.05, 0) is 20.4 Å². The van der Waals surface area contributed by atoms with Gasteiger partial charge in [0.2, 0.25) is 5.91 Å². The van der Waals surface area contributed by atoms with Crippen LogP contribution in [-0.2, 0) is 9.53 Å². The van der Waals surface area contributed by atoms with Gasteiger partial charge >= 0.3 is 0 Å². The molecule has 0 aliphatic heterocycles. The molecule has 0 fully saturated rings. The summed E-state index contributed by atoms with van der Waals surface area (Å²) in [5.74, 6) is 0.0588. The summed E-state index contributed by atoms with van der Waals surface area (Å²) < 4.78 is 5.26. The second-order valence-electron chi connectivity index (χ2n) is 3.37. The molecular weight excluding hydrogens is 180 g/mol. The predicted octanol–water partition coefficient (Wildman–Crippen LogP) is 0.527. The number of likely N-dealkylation sites (N-methyl/N-ethyl adjacent to an activating group) is 1. The lowest BCUT2D eigenvalue weighted by Gasteiger charge is -2.08. The molecule has 0 aromatic carbocycles. The van der Waals surface area contributed by atoms with Crippen LogP contribution in [0.1, 0.15) is 27.2 Å². The molecule has 0 spiro atoms. The highest BCUT2D eigenvalue weighted by Gasteiger charge is 2.00. The van der Waals surface area contributed by atoms with Gasteiger partial charge in [-0.25, -0.2) is 0 Å². The molecule has 0 rings (SSSR count). The number of rotatable bonds is 8. The van der Waals surface area contributed by atoms with Crippen molar-refractivity contribution in [2.24, 2.45) is 0 Å². The molecule has 0 aromatic rings. The van der Waals surface area contributed by atoms with E-state index in [9.17, 15) is 4.79 Å². The second-order valence-corrected chi connectivity index (χ2v) is 3.37. The van der Waals surface area contributed by atoms with Crippen molar-refractivity contribution in [2.45, 2.75) is 33.3 Å². The Morgan fingerprint density at radius 3 is 2.64 bits per heavy atom. The minimum atomic E-state index is 0.0588. The first-order chi connectivity index (χ1) is 6.66. The fraction of sp³-hybridized carbons (Fsp3) is 0.900. The Bertz CT molecular complexity index is 149. The Morgan fingerprint density at radius 2 is 2.07 bits per heavy atom. The topological polar surface area (TPSA) is 50.4 Å². The van der Waals surface area contributed by atoms with Gasteiger partial charge in [-0.2, -0.15) is 0 Å². The first-order valence-electron chi connectivity index (χ1n) is 5.25. The van der Waals surface area contributed by atoms with Crippen molar-refractivity contribution in [1.82, 2.24) is 10.6 Å². The summed E-state index contributed by atoms with van der Waals surface area (Å²) in [6.45, 7) is 8.92. The molecule has 0 bridgehead atoms. The Hall–Kier alpha value is -0.610. The summed E-state index contributed by atoms with van der Waals surface area (Å²) >= 11 is 0. The summed E-state index contributed by atoms with van der Waals surface area (Å²) in [7, 11) is 0. The van der Waals surface area contributed by atoms with E-state index < -0.39 is 0 Å². The number of hydrogen-bond donors (Lipinski definition) is 2. The number of carbonyl (C=O) groups is 1. The third-order valence-corrected chi connectivity index (χ3v) is 1.65. The summed E-state index contributed by atoms with van der Waals surface area (Å²) in [4.78, 5) is 11.2. The van der Waals surface area contributed by atoms with Crippen LogP contribution in [0.15, 0.2) is 0 Å². The smallest absolute Gasteiger partial charge is 0.222 e. The first-order valence-corrected chi connectivity index (χ1v) is 5.25. The fourth-order valence-corrected chi connectivity index (χ4v) is 0.943. The first kappa shape index (κ1) is 13.4. The number of carbonyl (C=O) groups excluding carboxylic acids is 1. The molecule has 0 atom stereocenters. The molecular formula is C10H22N2O2. The predicted molar refractivity (Wildman–Crippen MR) is 57.3 cm³/mol. The van der Waals surface area contributed by atoms with Gasteiger partial charge in [0.15, 0.2) is 0 Å². The van der Waals surface area contributed by atoms with Crippen LogP contribution in [0, 0.1) is 0 Å². The molecule has 0 saturated heterocycles. The second kappa shape index (κ2) is 8.97. The van der Waals surface area contributed by atoms with Crippen LogP contribution in [0.5, 0.6) is 0 Å². The van der Waals surface area contributed by atoms with E-state index in [0.717, 1.165) is 13.1 Å². The highest BCUT2D eigenvalue weighted by atomic mass is 16.5.